The Morgan fingerprint density at radius 2 is 1.75 bits per heavy atom. The van der Waals surface area contributed by atoms with E-state index in [1.165, 1.54) is 0 Å². The second-order valence-electron chi connectivity index (χ2n) is 4.58. The molecule has 0 unspecified atom stereocenters. The minimum Gasteiger partial charge on any atom is -0.376 e. The number of rotatable bonds is 5. The molecule has 1 aromatic heterocycles. The summed E-state index contributed by atoms with van der Waals surface area (Å²) in [7, 11) is 4.06. The van der Waals surface area contributed by atoms with Gasteiger partial charge in [0, 0.05) is 32.2 Å². The summed E-state index contributed by atoms with van der Waals surface area (Å²) < 4.78 is 0. The zero-order valence-electron chi connectivity index (χ0n) is 12.0. The summed E-state index contributed by atoms with van der Waals surface area (Å²) in [6.45, 7) is 7.69. The Kier molecular flexibility index (Phi) is 4.20. The van der Waals surface area contributed by atoms with E-state index in [9.17, 15) is 0 Å². The van der Waals surface area contributed by atoms with Gasteiger partial charge in [0.1, 0.15) is 0 Å². The minimum absolute atomic E-state index is 0.844. The van der Waals surface area contributed by atoms with Crippen molar-refractivity contribution in [3.63, 3.8) is 0 Å². The van der Waals surface area contributed by atoms with Crippen LogP contribution in [0.15, 0.2) is 62.0 Å². The van der Waals surface area contributed by atoms with E-state index in [1.54, 1.807) is 12.3 Å². The molecule has 3 nitrogen and oxygen atoms in total. The molecule has 20 heavy (non-hydrogen) atoms. The van der Waals surface area contributed by atoms with Crippen LogP contribution in [0.4, 0.5) is 17.1 Å². The van der Waals surface area contributed by atoms with E-state index in [-0.39, 0.29) is 0 Å². The highest BCUT2D eigenvalue weighted by Crippen LogP contribution is 2.33. The fourth-order valence-corrected chi connectivity index (χ4v) is 2.09. The molecule has 102 valence electrons. The first-order valence-electron chi connectivity index (χ1n) is 6.44. The summed E-state index contributed by atoms with van der Waals surface area (Å²) in [5.41, 5.74) is 4.06. The van der Waals surface area contributed by atoms with Gasteiger partial charge in [-0.05, 0) is 30.3 Å². The molecule has 0 aliphatic carbocycles. The van der Waals surface area contributed by atoms with Gasteiger partial charge in [0.2, 0.25) is 0 Å². The lowest BCUT2D eigenvalue weighted by Crippen LogP contribution is -2.15. The molecule has 3 heteroatoms. The molecular weight excluding hydrogens is 246 g/mol. The second-order valence-corrected chi connectivity index (χ2v) is 4.58. The van der Waals surface area contributed by atoms with Gasteiger partial charge in [-0.2, -0.15) is 0 Å². The van der Waals surface area contributed by atoms with Gasteiger partial charge in [-0.1, -0.05) is 25.3 Å². The van der Waals surface area contributed by atoms with Crippen LogP contribution in [0.5, 0.6) is 0 Å². The maximum absolute atomic E-state index is 4.24. The molecule has 0 fully saturated rings. The number of anilines is 3. The van der Waals surface area contributed by atoms with Crippen LogP contribution in [0.25, 0.3) is 6.08 Å². The Morgan fingerprint density at radius 3 is 2.35 bits per heavy atom. The molecule has 0 radical (unpaired) electrons. The number of para-hydroxylation sites is 2. The molecule has 0 aliphatic heterocycles. The lowest BCUT2D eigenvalue weighted by molar-refractivity contribution is 1.11. The van der Waals surface area contributed by atoms with Gasteiger partial charge in [-0.15, -0.1) is 0 Å². The molecule has 0 saturated heterocycles. The summed E-state index contributed by atoms with van der Waals surface area (Å²) >= 11 is 0. The molecular formula is C17H19N3. The molecule has 2 rings (SSSR count). The maximum Gasteiger partial charge on any atom is 0.0689 e. The molecule has 0 saturated carbocycles. The first-order valence-corrected chi connectivity index (χ1v) is 6.44. The predicted molar refractivity (Wildman–Crippen MR) is 87.4 cm³/mol. The van der Waals surface area contributed by atoms with Crippen molar-refractivity contribution in [1.82, 2.24) is 4.98 Å². The lowest BCUT2D eigenvalue weighted by Gasteiger charge is -2.26. The van der Waals surface area contributed by atoms with E-state index in [0.717, 1.165) is 22.8 Å². The largest absolute Gasteiger partial charge is 0.376 e. The fraction of sp³-hybridized carbons (Fsp3) is 0.118. The van der Waals surface area contributed by atoms with Crippen molar-refractivity contribution in [3.8, 4) is 0 Å². The number of benzene rings is 1. The Balaban J connectivity index is 2.52. The fourth-order valence-electron chi connectivity index (χ4n) is 2.09. The van der Waals surface area contributed by atoms with E-state index >= 15 is 0 Å². The Morgan fingerprint density at radius 1 is 1.05 bits per heavy atom. The van der Waals surface area contributed by atoms with Crippen LogP contribution < -0.4 is 9.80 Å². The van der Waals surface area contributed by atoms with E-state index in [4.69, 9.17) is 0 Å². The van der Waals surface area contributed by atoms with Crippen molar-refractivity contribution in [1.29, 1.82) is 0 Å². The summed E-state index contributed by atoms with van der Waals surface area (Å²) in [6, 6.07) is 12.2. The van der Waals surface area contributed by atoms with Gasteiger partial charge in [-0.3, -0.25) is 4.98 Å². The summed E-state index contributed by atoms with van der Waals surface area (Å²) in [5, 5.41) is 0. The van der Waals surface area contributed by atoms with Gasteiger partial charge in [0.15, 0.2) is 0 Å². The Labute approximate surface area is 120 Å². The molecule has 0 N–H and O–H groups in total. The van der Waals surface area contributed by atoms with Crippen LogP contribution in [-0.4, -0.2) is 19.1 Å². The number of pyridine rings is 1. The molecule has 0 atom stereocenters. The lowest BCUT2D eigenvalue weighted by atomic mass is 10.2. The van der Waals surface area contributed by atoms with Crippen molar-refractivity contribution in [2.24, 2.45) is 0 Å². The average Bonchev–Trinajstić information content (AvgIpc) is 2.48. The zero-order valence-corrected chi connectivity index (χ0v) is 12.0. The van der Waals surface area contributed by atoms with Crippen molar-refractivity contribution in [2.75, 3.05) is 23.9 Å². The highest BCUT2D eigenvalue weighted by molar-refractivity contribution is 5.78. The third-order valence-corrected chi connectivity index (χ3v) is 3.06. The van der Waals surface area contributed by atoms with Crippen LogP contribution >= 0.6 is 0 Å². The molecule has 0 amide bonds. The number of hydrogen-bond donors (Lipinski definition) is 0. The third kappa shape index (κ3) is 2.72. The average molecular weight is 265 g/mol. The van der Waals surface area contributed by atoms with Gasteiger partial charge < -0.3 is 9.80 Å². The second kappa shape index (κ2) is 6.06. The zero-order chi connectivity index (χ0) is 14.5. The number of aromatic nitrogens is 1. The standard InChI is InChI=1S/C17H19N3/c1-5-14-13-15(11-12-18-14)20(6-2)17-10-8-7-9-16(17)19(3)4/h5-13H,1-2H2,3-4H3. The van der Waals surface area contributed by atoms with E-state index in [0.29, 0.717) is 0 Å². The Hall–Kier alpha value is -2.55. The van der Waals surface area contributed by atoms with Crippen LogP contribution in [0.2, 0.25) is 0 Å². The number of hydrogen-bond acceptors (Lipinski definition) is 3. The minimum atomic E-state index is 0.844. The smallest absolute Gasteiger partial charge is 0.0689 e. The number of nitrogens with zero attached hydrogens (tertiary/aromatic N) is 3. The van der Waals surface area contributed by atoms with Crippen molar-refractivity contribution >= 4 is 23.1 Å². The third-order valence-electron chi connectivity index (χ3n) is 3.06. The van der Waals surface area contributed by atoms with Crippen LogP contribution in [0, 0.1) is 0 Å². The summed E-state index contributed by atoms with van der Waals surface area (Å²) in [4.78, 5) is 8.37. The highest BCUT2D eigenvalue weighted by atomic mass is 15.2. The highest BCUT2D eigenvalue weighted by Gasteiger charge is 2.12. The molecule has 2 aromatic rings. The summed E-state index contributed by atoms with van der Waals surface area (Å²) in [6.07, 6.45) is 5.33. The molecule has 0 bridgehead atoms. The van der Waals surface area contributed by atoms with Gasteiger partial charge in [0.05, 0.1) is 17.1 Å². The van der Waals surface area contributed by atoms with E-state index in [1.807, 2.05) is 49.5 Å². The first-order chi connectivity index (χ1) is 9.67. The van der Waals surface area contributed by atoms with Crippen LogP contribution in [-0.2, 0) is 0 Å². The first kappa shape index (κ1) is 13.9. The van der Waals surface area contributed by atoms with Crippen molar-refractivity contribution in [2.45, 2.75) is 0 Å². The summed E-state index contributed by atoms with van der Waals surface area (Å²) in [5.74, 6) is 0. The van der Waals surface area contributed by atoms with E-state index < -0.39 is 0 Å². The monoisotopic (exact) mass is 265 g/mol. The van der Waals surface area contributed by atoms with Crippen LogP contribution in [0.1, 0.15) is 5.69 Å². The van der Waals surface area contributed by atoms with Crippen molar-refractivity contribution < 1.29 is 0 Å². The SMILES string of the molecule is C=Cc1cc(N(C=C)c2ccccc2N(C)C)ccn1. The molecule has 0 spiro atoms. The van der Waals surface area contributed by atoms with E-state index in [2.05, 4.69) is 35.2 Å². The van der Waals surface area contributed by atoms with Crippen molar-refractivity contribution in [3.05, 3.63) is 67.6 Å². The maximum atomic E-state index is 4.24. The Bertz CT molecular complexity index is 617. The predicted octanol–water partition coefficient (Wildman–Crippen LogP) is 4.07. The quantitative estimate of drug-likeness (QED) is 0.812. The molecule has 0 aliphatic rings. The van der Waals surface area contributed by atoms with Gasteiger partial charge in [0.25, 0.3) is 0 Å². The molecule has 1 aromatic carbocycles. The van der Waals surface area contributed by atoms with Gasteiger partial charge in [-0.25, -0.2) is 0 Å². The molecule has 1 heterocycles. The van der Waals surface area contributed by atoms with Crippen LogP contribution in [0.3, 0.4) is 0 Å². The topological polar surface area (TPSA) is 19.4 Å². The van der Waals surface area contributed by atoms with Gasteiger partial charge >= 0.3 is 0 Å². The normalized spacial score (nSPS) is 9.90.